The Morgan fingerprint density at radius 2 is 1.87 bits per heavy atom. The molecule has 1 saturated carbocycles. The molecule has 3 aromatic rings. The minimum Gasteiger partial charge on any atom is -0.491 e. The number of rotatable bonds is 11. The highest BCUT2D eigenvalue weighted by Crippen LogP contribution is 2.45. The first kappa shape index (κ1) is 34.3. The summed E-state index contributed by atoms with van der Waals surface area (Å²) in [6, 6.07) is 8.06. The van der Waals surface area contributed by atoms with E-state index < -0.39 is 23.1 Å². The van der Waals surface area contributed by atoms with Crippen molar-refractivity contribution in [3.63, 3.8) is 0 Å². The molecule has 0 radical (unpaired) electrons. The number of aromatic nitrogens is 4. The first-order valence-corrected chi connectivity index (χ1v) is 16.9. The Hall–Kier alpha value is -4.02. The summed E-state index contributed by atoms with van der Waals surface area (Å²) in [5, 5.41) is 4.53. The number of amides is 1. The van der Waals surface area contributed by atoms with Gasteiger partial charge in [-0.05, 0) is 95.9 Å². The molecule has 5 rings (SSSR count). The van der Waals surface area contributed by atoms with Gasteiger partial charge in [-0.3, -0.25) is 9.59 Å². The topological polar surface area (TPSA) is 125 Å². The van der Waals surface area contributed by atoms with E-state index in [2.05, 4.69) is 28.1 Å². The molecule has 0 bridgehead atoms. The zero-order valence-electron chi connectivity index (χ0n) is 28.9. The molecular weight excluding hydrogens is 598 g/mol. The molecule has 2 atom stereocenters. The number of Topliss-reactive ketones (excluding diaryl/α,β-unsaturated/α-hetero) is 1. The summed E-state index contributed by atoms with van der Waals surface area (Å²) in [6.45, 7) is 12.2. The van der Waals surface area contributed by atoms with E-state index in [1.165, 1.54) is 4.90 Å². The van der Waals surface area contributed by atoms with E-state index in [0.29, 0.717) is 37.6 Å². The number of ether oxygens (including phenoxy) is 3. The Labute approximate surface area is 277 Å². The Bertz CT molecular complexity index is 1600. The summed E-state index contributed by atoms with van der Waals surface area (Å²) in [5.41, 5.74) is 2.53. The van der Waals surface area contributed by atoms with Crippen LogP contribution in [0.2, 0.25) is 0 Å². The van der Waals surface area contributed by atoms with E-state index in [1.54, 1.807) is 11.6 Å². The van der Waals surface area contributed by atoms with Crippen LogP contribution >= 0.6 is 0 Å². The third-order valence-electron chi connectivity index (χ3n) is 9.33. The summed E-state index contributed by atoms with van der Waals surface area (Å²) in [6.07, 6.45) is 6.03. The first-order valence-electron chi connectivity index (χ1n) is 16.9. The fourth-order valence-electron chi connectivity index (χ4n) is 6.84. The van der Waals surface area contributed by atoms with Crippen LogP contribution in [0, 0.1) is 25.7 Å². The van der Waals surface area contributed by atoms with Crippen LogP contribution in [-0.4, -0.2) is 73.7 Å². The predicted molar refractivity (Wildman–Crippen MR) is 176 cm³/mol. The van der Waals surface area contributed by atoms with Gasteiger partial charge in [0.1, 0.15) is 29.5 Å². The lowest BCUT2D eigenvalue weighted by Gasteiger charge is -2.43. The smallest absolute Gasteiger partial charge is 0.410 e. The Balaban J connectivity index is 1.24. The average molecular weight is 648 g/mol. The van der Waals surface area contributed by atoms with Gasteiger partial charge in [0, 0.05) is 31.3 Å². The van der Waals surface area contributed by atoms with E-state index >= 15 is 0 Å². The fraction of sp³-hybridized carbons (Fsp3) is 0.611. The van der Waals surface area contributed by atoms with Crippen LogP contribution in [0.5, 0.6) is 5.75 Å². The van der Waals surface area contributed by atoms with Crippen LogP contribution < -0.4 is 4.74 Å². The quantitative estimate of drug-likeness (QED) is 0.188. The maximum Gasteiger partial charge on any atom is 0.410 e. The minimum atomic E-state index is -0.916. The molecule has 2 fully saturated rings. The van der Waals surface area contributed by atoms with Crippen molar-refractivity contribution in [2.24, 2.45) is 11.8 Å². The van der Waals surface area contributed by atoms with Crippen LogP contribution in [0.1, 0.15) is 94.6 Å². The fourth-order valence-corrected chi connectivity index (χ4v) is 6.84. The molecule has 47 heavy (non-hydrogen) atoms. The van der Waals surface area contributed by atoms with E-state index in [0.717, 1.165) is 60.4 Å². The zero-order chi connectivity index (χ0) is 33.9. The van der Waals surface area contributed by atoms with E-state index in [4.69, 9.17) is 14.2 Å². The highest BCUT2D eigenvalue weighted by molar-refractivity contribution is 6.01. The normalized spacial score (nSPS) is 20.4. The van der Waals surface area contributed by atoms with Crippen molar-refractivity contribution in [3.05, 3.63) is 52.6 Å². The van der Waals surface area contributed by atoms with Crippen molar-refractivity contribution in [1.82, 2.24) is 24.5 Å². The van der Waals surface area contributed by atoms with Gasteiger partial charge in [-0.25, -0.2) is 14.3 Å². The van der Waals surface area contributed by atoms with Crippen LogP contribution in [-0.2, 0) is 38.3 Å². The van der Waals surface area contributed by atoms with Crippen LogP contribution in [0.3, 0.4) is 0 Å². The highest BCUT2D eigenvalue weighted by atomic mass is 16.6. The second-order valence-electron chi connectivity index (χ2n) is 14.2. The largest absolute Gasteiger partial charge is 0.491 e. The number of likely N-dealkylation sites (N-methyl/N-ethyl adjacent to an activating group) is 1. The van der Waals surface area contributed by atoms with Gasteiger partial charge in [0.15, 0.2) is 11.6 Å². The monoisotopic (exact) mass is 647 g/mol. The van der Waals surface area contributed by atoms with Gasteiger partial charge in [0.2, 0.25) is 0 Å². The molecule has 1 aliphatic heterocycles. The molecule has 1 aromatic carbocycles. The van der Waals surface area contributed by atoms with Crippen LogP contribution in [0.15, 0.2) is 24.3 Å². The maximum absolute atomic E-state index is 13.7. The highest BCUT2D eigenvalue weighted by Gasteiger charge is 2.51. The third kappa shape index (κ3) is 8.11. The molecule has 0 N–H and O–H groups in total. The lowest BCUT2D eigenvalue weighted by atomic mass is 9.73. The zero-order valence-corrected chi connectivity index (χ0v) is 28.9. The molecular formula is C36H49N5O6. The molecule has 1 aliphatic carbocycles. The van der Waals surface area contributed by atoms with Gasteiger partial charge >= 0.3 is 12.1 Å². The number of nitrogens with zero attached hydrogens (tertiary/aromatic N) is 5. The van der Waals surface area contributed by atoms with Crippen LogP contribution in [0.4, 0.5) is 4.79 Å². The number of fused-ring (bicyclic) bond motifs is 1. The summed E-state index contributed by atoms with van der Waals surface area (Å²) >= 11 is 0. The van der Waals surface area contributed by atoms with Gasteiger partial charge < -0.3 is 19.1 Å². The lowest BCUT2D eigenvalue weighted by molar-refractivity contribution is -0.185. The number of benzene rings is 1. The third-order valence-corrected chi connectivity index (χ3v) is 9.33. The van der Waals surface area contributed by atoms with E-state index in [-0.39, 0.29) is 30.6 Å². The molecule has 1 saturated heterocycles. The van der Waals surface area contributed by atoms with E-state index in [9.17, 15) is 14.4 Å². The first-order chi connectivity index (χ1) is 22.3. The molecule has 11 heteroatoms. The second kappa shape index (κ2) is 14.0. The number of hydrogen-bond donors (Lipinski definition) is 0. The molecule has 2 unspecified atom stereocenters. The Morgan fingerprint density at radius 3 is 2.55 bits per heavy atom. The number of carbonyl (C=O) groups is 3. The number of aryl methyl sites for hydroxylation is 4. The molecule has 2 aromatic heterocycles. The molecule has 254 valence electrons. The minimum absolute atomic E-state index is 0.0952. The molecule has 2 aliphatic rings. The van der Waals surface area contributed by atoms with Gasteiger partial charge in [0.25, 0.3) is 5.78 Å². The summed E-state index contributed by atoms with van der Waals surface area (Å²) < 4.78 is 19.5. The molecule has 0 spiro atoms. The molecule has 3 heterocycles. The van der Waals surface area contributed by atoms with Gasteiger partial charge in [-0.1, -0.05) is 31.9 Å². The molecule has 1 amide bonds. The Morgan fingerprint density at radius 1 is 1.13 bits per heavy atom. The number of carbonyl (C=O) groups excluding carboxylic acids is 3. The Kier molecular flexibility index (Phi) is 10.2. The van der Waals surface area contributed by atoms with Crippen LogP contribution in [0.25, 0.3) is 5.78 Å². The maximum atomic E-state index is 13.7. The number of cyclic esters (lactones) is 1. The lowest BCUT2D eigenvalue weighted by Crippen LogP contribution is -2.52. The SMILES string of the molecule is CCc1cc(CCC2(C3CCCC3)CC(=O)C(Cc3nc4nc(C)cc(C)n4n3)C(=O)O2)ccc1OCCN(C)C(=O)OC(C)(C)C. The number of ketones is 1. The van der Waals surface area contributed by atoms with Gasteiger partial charge in [0.05, 0.1) is 6.54 Å². The van der Waals surface area contributed by atoms with Gasteiger partial charge in [-0.2, -0.15) is 4.98 Å². The number of hydrogen-bond acceptors (Lipinski definition) is 9. The van der Waals surface area contributed by atoms with Crippen molar-refractivity contribution in [2.75, 3.05) is 20.2 Å². The summed E-state index contributed by atoms with van der Waals surface area (Å²) in [5.74, 6) is 0.341. The van der Waals surface area contributed by atoms with E-state index in [1.807, 2.05) is 52.8 Å². The average Bonchev–Trinajstić information content (AvgIpc) is 3.68. The molecule has 11 nitrogen and oxygen atoms in total. The predicted octanol–water partition coefficient (Wildman–Crippen LogP) is 5.79. The number of esters is 1. The summed E-state index contributed by atoms with van der Waals surface area (Å²) in [4.78, 5) is 50.0. The summed E-state index contributed by atoms with van der Waals surface area (Å²) in [7, 11) is 1.70. The van der Waals surface area contributed by atoms with Crippen molar-refractivity contribution >= 4 is 23.6 Å². The standard InChI is InChI=1S/C36H49N5O6/c1-8-26-20-25(13-14-30(26)45-18-17-40(7)34(44)47-35(4,5)6)15-16-36(27-11-9-10-12-27)22-29(42)28(32(43)46-36)21-31-38-33-37-23(2)19-24(3)41(33)39-31/h13-14,19-20,27-28H,8-12,15-18,21-22H2,1-7H3. The van der Waals surface area contributed by atoms with Crippen molar-refractivity contribution in [2.45, 2.75) is 111 Å². The van der Waals surface area contributed by atoms with Crippen molar-refractivity contribution in [3.8, 4) is 5.75 Å². The van der Waals surface area contributed by atoms with Gasteiger partial charge in [-0.15, -0.1) is 5.10 Å². The van der Waals surface area contributed by atoms with Crippen molar-refractivity contribution < 1.29 is 28.6 Å². The van der Waals surface area contributed by atoms with Crippen molar-refractivity contribution in [1.29, 1.82) is 0 Å². The second-order valence-corrected chi connectivity index (χ2v) is 14.2.